The van der Waals surface area contributed by atoms with Crippen molar-refractivity contribution in [2.24, 2.45) is 0 Å². The minimum absolute atomic E-state index is 0.0507. The molecule has 198 valence electrons. The van der Waals surface area contributed by atoms with Gasteiger partial charge in [0, 0.05) is 5.69 Å². The van der Waals surface area contributed by atoms with E-state index in [0.29, 0.717) is 29.5 Å². The van der Waals surface area contributed by atoms with E-state index in [0.717, 1.165) is 5.56 Å². The molecular formula is C26H29ClN2O7S. The van der Waals surface area contributed by atoms with Crippen LogP contribution in [-0.2, 0) is 14.8 Å². The molecule has 0 aliphatic rings. The van der Waals surface area contributed by atoms with Gasteiger partial charge in [-0.1, -0.05) is 17.7 Å². The van der Waals surface area contributed by atoms with Crippen molar-refractivity contribution < 1.29 is 32.2 Å². The van der Waals surface area contributed by atoms with Gasteiger partial charge in [-0.05, 0) is 74.0 Å². The first-order chi connectivity index (χ1) is 17.7. The Hall–Kier alpha value is -3.63. The number of benzene rings is 3. The first kappa shape index (κ1) is 27.9. The molecule has 0 spiro atoms. The number of amides is 1. The lowest BCUT2D eigenvalue weighted by atomic mass is 10.1. The maximum absolute atomic E-state index is 12.8. The number of hydrogen-bond acceptors (Lipinski definition) is 7. The van der Waals surface area contributed by atoms with Gasteiger partial charge >= 0.3 is 0 Å². The molecule has 0 aliphatic carbocycles. The number of carbonyl (C=O) groups excluding carboxylic acids is 1. The molecule has 3 rings (SSSR count). The van der Waals surface area contributed by atoms with Crippen molar-refractivity contribution in [2.75, 3.05) is 32.2 Å². The molecule has 0 aromatic heterocycles. The van der Waals surface area contributed by atoms with Gasteiger partial charge in [0.05, 0.1) is 36.8 Å². The monoisotopic (exact) mass is 548 g/mol. The van der Waals surface area contributed by atoms with Crippen molar-refractivity contribution in [1.82, 2.24) is 5.32 Å². The van der Waals surface area contributed by atoms with Crippen LogP contribution in [-0.4, -0.2) is 41.8 Å². The third-order valence-corrected chi connectivity index (χ3v) is 6.95. The number of anilines is 1. The summed E-state index contributed by atoms with van der Waals surface area (Å²) >= 11 is 6.25. The van der Waals surface area contributed by atoms with Crippen molar-refractivity contribution in [3.05, 3.63) is 71.2 Å². The van der Waals surface area contributed by atoms with Crippen molar-refractivity contribution in [2.45, 2.75) is 24.8 Å². The Kier molecular flexibility index (Phi) is 9.48. The molecule has 3 aromatic rings. The normalized spacial score (nSPS) is 11.8. The Bertz CT molecular complexity index is 1330. The molecule has 0 saturated heterocycles. The highest BCUT2D eigenvalue weighted by Crippen LogP contribution is 2.31. The summed E-state index contributed by atoms with van der Waals surface area (Å²) in [6.45, 7) is 3.88. The Balaban J connectivity index is 1.59. The third-order valence-electron chi connectivity index (χ3n) is 5.28. The quantitative estimate of drug-likeness (QED) is 0.334. The average Bonchev–Trinajstić information content (AvgIpc) is 2.88. The van der Waals surface area contributed by atoms with E-state index in [1.165, 1.54) is 25.3 Å². The van der Waals surface area contributed by atoms with E-state index in [9.17, 15) is 13.2 Å². The fourth-order valence-corrected chi connectivity index (χ4v) is 4.78. The highest BCUT2D eigenvalue weighted by Gasteiger charge is 2.18. The van der Waals surface area contributed by atoms with Crippen LogP contribution in [0.25, 0.3) is 0 Å². The summed E-state index contributed by atoms with van der Waals surface area (Å²) in [7, 11) is -0.812. The van der Waals surface area contributed by atoms with Gasteiger partial charge in [-0.3, -0.25) is 9.52 Å². The predicted molar refractivity (Wildman–Crippen MR) is 141 cm³/mol. The largest absolute Gasteiger partial charge is 0.494 e. The third kappa shape index (κ3) is 7.43. The second kappa shape index (κ2) is 12.6. The Morgan fingerprint density at radius 1 is 0.919 bits per heavy atom. The first-order valence-corrected chi connectivity index (χ1v) is 13.2. The molecule has 1 amide bonds. The minimum Gasteiger partial charge on any atom is -0.494 e. The Labute approximate surface area is 221 Å². The van der Waals surface area contributed by atoms with E-state index < -0.39 is 10.0 Å². The van der Waals surface area contributed by atoms with Gasteiger partial charge in [0.1, 0.15) is 11.5 Å². The smallest absolute Gasteiger partial charge is 0.261 e. The zero-order valence-electron chi connectivity index (χ0n) is 20.9. The van der Waals surface area contributed by atoms with Gasteiger partial charge < -0.3 is 24.3 Å². The molecule has 0 saturated carbocycles. The van der Waals surface area contributed by atoms with Crippen LogP contribution >= 0.6 is 11.6 Å². The predicted octanol–water partition coefficient (Wildman–Crippen LogP) is 4.81. The summed E-state index contributed by atoms with van der Waals surface area (Å²) in [5.41, 5.74) is 1.19. The Morgan fingerprint density at radius 3 is 2.22 bits per heavy atom. The zero-order valence-corrected chi connectivity index (χ0v) is 22.5. The van der Waals surface area contributed by atoms with Crippen LogP contribution in [0.2, 0.25) is 5.02 Å². The molecule has 0 heterocycles. The average molecular weight is 549 g/mol. The number of sulfonamides is 1. The molecule has 0 fully saturated rings. The molecule has 0 radical (unpaired) electrons. The van der Waals surface area contributed by atoms with E-state index in [2.05, 4.69) is 10.0 Å². The molecule has 11 heteroatoms. The number of carbonyl (C=O) groups is 1. The van der Waals surface area contributed by atoms with Gasteiger partial charge in [0.25, 0.3) is 15.9 Å². The number of hydrogen-bond donors (Lipinski definition) is 2. The highest BCUT2D eigenvalue weighted by molar-refractivity contribution is 7.92. The van der Waals surface area contributed by atoms with E-state index in [1.807, 2.05) is 19.9 Å². The summed E-state index contributed by atoms with van der Waals surface area (Å²) in [4.78, 5) is 12.4. The maximum Gasteiger partial charge on any atom is 0.261 e. The number of halogens is 1. The molecule has 3 aromatic carbocycles. The van der Waals surface area contributed by atoms with Crippen LogP contribution in [0.3, 0.4) is 0 Å². The summed E-state index contributed by atoms with van der Waals surface area (Å²) in [6, 6.07) is 15.6. The Morgan fingerprint density at radius 2 is 1.59 bits per heavy atom. The SMILES string of the molecule is CCOc1ccc(NS(=O)(=O)c2ccc(OCC(=O)NC(C)c3ccc(OC)c(OC)c3)c(Cl)c2)cc1. The highest BCUT2D eigenvalue weighted by atomic mass is 35.5. The summed E-state index contributed by atoms with van der Waals surface area (Å²) < 4.78 is 49.4. The second-order valence-electron chi connectivity index (χ2n) is 7.85. The molecule has 9 nitrogen and oxygen atoms in total. The van der Waals surface area contributed by atoms with Gasteiger partial charge in [-0.25, -0.2) is 8.42 Å². The number of methoxy groups -OCH3 is 2. The molecule has 0 bridgehead atoms. The van der Waals surface area contributed by atoms with Gasteiger partial charge in [-0.15, -0.1) is 0 Å². The topological polar surface area (TPSA) is 112 Å². The molecule has 1 atom stereocenters. The number of rotatable bonds is 12. The number of ether oxygens (including phenoxy) is 4. The van der Waals surface area contributed by atoms with Gasteiger partial charge in [0.2, 0.25) is 0 Å². The number of nitrogens with one attached hydrogen (secondary N) is 2. The van der Waals surface area contributed by atoms with Crippen molar-refractivity contribution in [1.29, 1.82) is 0 Å². The fourth-order valence-electron chi connectivity index (χ4n) is 3.40. The summed E-state index contributed by atoms with van der Waals surface area (Å²) in [6.07, 6.45) is 0. The fraction of sp³-hybridized carbons (Fsp3) is 0.269. The lowest BCUT2D eigenvalue weighted by molar-refractivity contribution is -0.123. The van der Waals surface area contributed by atoms with Crippen LogP contribution in [0, 0.1) is 0 Å². The molecule has 37 heavy (non-hydrogen) atoms. The molecule has 0 aliphatic heterocycles. The molecular weight excluding hydrogens is 520 g/mol. The summed E-state index contributed by atoms with van der Waals surface area (Å²) in [5, 5.41) is 2.88. The van der Waals surface area contributed by atoms with Crippen molar-refractivity contribution in [3.63, 3.8) is 0 Å². The van der Waals surface area contributed by atoms with Crippen LogP contribution < -0.4 is 29.0 Å². The van der Waals surface area contributed by atoms with Crippen LogP contribution in [0.4, 0.5) is 5.69 Å². The first-order valence-electron chi connectivity index (χ1n) is 11.4. The molecule has 1 unspecified atom stereocenters. The van der Waals surface area contributed by atoms with E-state index in [-0.39, 0.29) is 34.2 Å². The maximum atomic E-state index is 12.8. The van der Waals surface area contributed by atoms with Crippen LogP contribution in [0.1, 0.15) is 25.5 Å². The lowest BCUT2D eigenvalue weighted by Gasteiger charge is -2.17. The summed E-state index contributed by atoms with van der Waals surface area (Å²) in [5.74, 6) is 1.57. The lowest BCUT2D eigenvalue weighted by Crippen LogP contribution is -2.31. The van der Waals surface area contributed by atoms with Crippen molar-refractivity contribution in [3.8, 4) is 23.0 Å². The van der Waals surface area contributed by atoms with Gasteiger partial charge in [-0.2, -0.15) is 0 Å². The van der Waals surface area contributed by atoms with Crippen LogP contribution in [0.15, 0.2) is 65.6 Å². The minimum atomic E-state index is -3.90. The standard InChI is InChI=1S/C26H29ClN2O7S/c1-5-35-20-9-7-19(8-10-20)29-37(31,32)21-11-13-23(22(27)15-21)36-16-26(30)28-17(2)18-6-12-24(33-3)25(14-18)34-4/h6-15,17,29H,5,16H2,1-4H3,(H,28,30). The van der Waals surface area contributed by atoms with Gasteiger partial charge in [0.15, 0.2) is 18.1 Å². The van der Waals surface area contributed by atoms with Crippen molar-refractivity contribution >= 4 is 33.2 Å². The van der Waals surface area contributed by atoms with E-state index >= 15 is 0 Å². The van der Waals surface area contributed by atoms with E-state index in [1.54, 1.807) is 43.5 Å². The second-order valence-corrected chi connectivity index (χ2v) is 9.94. The van der Waals surface area contributed by atoms with Crippen LogP contribution in [0.5, 0.6) is 23.0 Å². The zero-order chi connectivity index (χ0) is 27.0. The van der Waals surface area contributed by atoms with E-state index in [4.69, 9.17) is 30.5 Å². The molecule has 2 N–H and O–H groups in total.